The van der Waals surface area contributed by atoms with Gasteiger partial charge in [-0.1, -0.05) is 48.0 Å². The van der Waals surface area contributed by atoms with E-state index >= 15 is 0 Å². The Labute approximate surface area is 162 Å². The van der Waals surface area contributed by atoms with E-state index in [1.54, 1.807) is 42.5 Å². The number of nitro benzene ring substituents is 1. The summed E-state index contributed by atoms with van der Waals surface area (Å²) in [6, 6.07) is 17.9. The molecule has 7 nitrogen and oxygen atoms in total. The third kappa shape index (κ3) is 4.19. The summed E-state index contributed by atoms with van der Waals surface area (Å²) in [4.78, 5) is 10.4. The highest BCUT2D eigenvalue weighted by atomic mass is 32.2. The van der Waals surface area contributed by atoms with Crippen molar-refractivity contribution in [3.63, 3.8) is 0 Å². The second-order valence-corrected chi connectivity index (χ2v) is 7.69. The van der Waals surface area contributed by atoms with Gasteiger partial charge in [-0.2, -0.15) is 8.42 Å². The number of aliphatic hydroxyl groups excluding tert-OH is 1. The first-order valence-corrected chi connectivity index (χ1v) is 9.71. The van der Waals surface area contributed by atoms with Gasteiger partial charge in [0.05, 0.1) is 4.92 Å². The Hall–Kier alpha value is -3.23. The molecule has 1 atom stereocenters. The lowest BCUT2D eigenvalue weighted by molar-refractivity contribution is -0.385. The van der Waals surface area contributed by atoms with E-state index in [4.69, 9.17) is 4.18 Å². The van der Waals surface area contributed by atoms with Crippen LogP contribution >= 0.6 is 0 Å². The number of rotatable bonds is 6. The standard InChI is InChI=1S/C20H17NO6S/c1-14-7-10-17(11-8-14)28(25,26)27-19-12-9-16(21(23)24)13-18(19)20(22)15-5-3-2-4-6-15/h2-13,20,22H,1H3. The molecule has 0 aliphatic heterocycles. The molecule has 144 valence electrons. The van der Waals surface area contributed by atoms with Crippen LogP contribution in [0.5, 0.6) is 5.75 Å². The Morgan fingerprint density at radius 2 is 1.64 bits per heavy atom. The summed E-state index contributed by atoms with van der Waals surface area (Å²) in [7, 11) is -4.18. The molecule has 0 radical (unpaired) electrons. The van der Waals surface area contributed by atoms with Gasteiger partial charge in [-0.15, -0.1) is 0 Å². The Morgan fingerprint density at radius 1 is 1.00 bits per heavy atom. The Balaban J connectivity index is 2.05. The van der Waals surface area contributed by atoms with Crippen LogP contribution in [-0.2, 0) is 10.1 Å². The van der Waals surface area contributed by atoms with E-state index in [1.807, 2.05) is 6.92 Å². The van der Waals surface area contributed by atoms with Gasteiger partial charge in [-0.25, -0.2) is 0 Å². The number of aryl methyl sites for hydroxylation is 1. The molecule has 0 saturated carbocycles. The molecule has 0 saturated heterocycles. The van der Waals surface area contributed by atoms with Gasteiger partial charge in [-0.3, -0.25) is 10.1 Å². The van der Waals surface area contributed by atoms with Crippen LogP contribution in [0.15, 0.2) is 77.7 Å². The molecule has 3 aromatic carbocycles. The van der Waals surface area contributed by atoms with Crippen molar-refractivity contribution in [3.8, 4) is 5.75 Å². The van der Waals surface area contributed by atoms with Crippen LogP contribution in [0, 0.1) is 17.0 Å². The Bertz CT molecular complexity index is 1100. The molecule has 1 N–H and O–H groups in total. The highest BCUT2D eigenvalue weighted by Gasteiger charge is 2.24. The fourth-order valence-corrected chi connectivity index (χ4v) is 3.58. The van der Waals surface area contributed by atoms with Gasteiger partial charge < -0.3 is 9.29 Å². The molecule has 0 bridgehead atoms. The van der Waals surface area contributed by atoms with E-state index in [9.17, 15) is 23.6 Å². The molecular weight excluding hydrogens is 382 g/mol. The first-order chi connectivity index (χ1) is 13.3. The number of nitrogens with zero attached hydrogens (tertiary/aromatic N) is 1. The van der Waals surface area contributed by atoms with E-state index in [0.29, 0.717) is 5.56 Å². The number of benzene rings is 3. The maximum absolute atomic E-state index is 12.6. The molecule has 0 heterocycles. The smallest absolute Gasteiger partial charge is 0.339 e. The van der Waals surface area contributed by atoms with Crippen molar-refractivity contribution in [3.05, 3.63) is 99.6 Å². The first kappa shape index (κ1) is 19.5. The van der Waals surface area contributed by atoms with Crippen molar-refractivity contribution >= 4 is 15.8 Å². The number of hydrogen-bond donors (Lipinski definition) is 1. The zero-order chi connectivity index (χ0) is 20.3. The van der Waals surface area contributed by atoms with E-state index in [2.05, 4.69) is 0 Å². The summed E-state index contributed by atoms with van der Waals surface area (Å²) in [5.74, 6) is -0.178. The van der Waals surface area contributed by atoms with Crippen molar-refractivity contribution in [2.75, 3.05) is 0 Å². The van der Waals surface area contributed by atoms with Crippen molar-refractivity contribution in [1.29, 1.82) is 0 Å². The third-order valence-corrected chi connectivity index (χ3v) is 5.37. The molecule has 0 spiro atoms. The average Bonchev–Trinajstić information content (AvgIpc) is 2.68. The summed E-state index contributed by atoms with van der Waals surface area (Å²) in [5.41, 5.74) is 1.02. The van der Waals surface area contributed by atoms with Crippen LogP contribution < -0.4 is 4.18 Å². The predicted molar refractivity (Wildman–Crippen MR) is 103 cm³/mol. The molecule has 1 unspecified atom stereocenters. The minimum absolute atomic E-state index is 0.0175. The van der Waals surface area contributed by atoms with E-state index in [1.165, 1.54) is 18.2 Å². The normalized spacial score (nSPS) is 12.4. The predicted octanol–water partition coefficient (Wildman–Crippen LogP) is 3.75. The number of hydrogen-bond acceptors (Lipinski definition) is 6. The summed E-state index contributed by atoms with van der Waals surface area (Å²) in [6.07, 6.45) is -1.30. The van der Waals surface area contributed by atoms with Crippen LogP contribution in [0.1, 0.15) is 22.8 Å². The second kappa shape index (κ2) is 7.79. The SMILES string of the molecule is Cc1ccc(S(=O)(=O)Oc2ccc([N+](=O)[O-])cc2C(O)c2ccccc2)cc1. The average molecular weight is 399 g/mol. The van der Waals surface area contributed by atoms with Crippen LogP contribution in [0.25, 0.3) is 0 Å². The zero-order valence-electron chi connectivity index (χ0n) is 14.8. The minimum atomic E-state index is -4.18. The maximum Gasteiger partial charge on any atom is 0.339 e. The largest absolute Gasteiger partial charge is 0.384 e. The van der Waals surface area contributed by atoms with Crippen LogP contribution in [-0.4, -0.2) is 18.4 Å². The molecule has 0 aliphatic carbocycles. The monoisotopic (exact) mass is 399 g/mol. The zero-order valence-corrected chi connectivity index (χ0v) is 15.7. The lowest BCUT2D eigenvalue weighted by Crippen LogP contribution is -2.12. The van der Waals surface area contributed by atoms with E-state index < -0.39 is 21.1 Å². The number of non-ortho nitro benzene ring substituents is 1. The van der Waals surface area contributed by atoms with Gasteiger partial charge in [-0.05, 0) is 30.7 Å². The maximum atomic E-state index is 12.6. The van der Waals surface area contributed by atoms with Gasteiger partial charge in [0.25, 0.3) is 5.69 Å². The molecule has 28 heavy (non-hydrogen) atoms. The lowest BCUT2D eigenvalue weighted by atomic mass is 10.0. The lowest BCUT2D eigenvalue weighted by Gasteiger charge is -2.16. The van der Waals surface area contributed by atoms with Gasteiger partial charge in [0.2, 0.25) is 0 Å². The van der Waals surface area contributed by atoms with Crippen molar-refractivity contribution in [2.24, 2.45) is 0 Å². The van der Waals surface area contributed by atoms with Crippen LogP contribution in [0.3, 0.4) is 0 Å². The summed E-state index contributed by atoms with van der Waals surface area (Å²) in [6.45, 7) is 1.82. The molecule has 0 amide bonds. The topological polar surface area (TPSA) is 107 Å². The summed E-state index contributed by atoms with van der Waals surface area (Å²) >= 11 is 0. The van der Waals surface area contributed by atoms with Gasteiger partial charge in [0.1, 0.15) is 16.7 Å². The summed E-state index contributed by atoms with van der Waals surface area (Å²) in [5, 5.41) is 21.8. The van der Waals surface area contributed by atoms with Crippen molar-refractivity contribution in [1.82, 2.24) is 0 Å². The van der Waals surface area contributed by atoms with Crippen molar-refractivity contribution < 1.29 is 22.6 Å². The minimum Gasteiger partial charge on any atom is -0.384 e. The van der Waals surface area contributed by atoms with E-state index in [0.717, 1.165) is 17.7 Å². The van der Waals surface area contributed by atoms with E-state index in [-0.39, 0.29) is 21.9 Å². The van der Waals surface area contributed by atoms with Gasteiger partial charge in [0.15, 0.2) is 0 Å². The number of aliphatic hydroxyl groups is 1. The van der Waals surface area contributed by atoms with Crippen molar-refractivity contribution in [2.45, 2.75) is 17.9 Å². The Kier molecular flexibility index (Phi) is 5.43. The molecule has 0 fully saturated rings. The second-order valence-electron chi connectivity index (χ2n) is 6.14. The number of nitro groups is 1. The van der Waals surface area contributed by atoms with Crippen LogP contribution in [0.2, 0.25) is 0 Å². The fraction of sp³-hybridized carbons (Fsp3) is 0.100. The van der Waals surface area contributed by atoms with Gasteiger partial charge in [0, 0.05) is 17.7 Å². The highest BCUT2D eigenvalue weighted by molar-refractivity contribution is 7.87. The quantitative estimate of drug-likeness (QED) is 0.384. The molecule has 8 heteroatoms. The highest BCUT2D eigenvalue weighted by Crippen LogP contribution is 2.34. The summed E-state index contributed by atoms with van der Waals surface area (Å²) < 4.78 is 30.4. The first-order valence-electron chi connectivity index (χ1n) is 8.30. The molecule has 0 aromatic heterocycles. The van der Waals surface area contributed by atoms with Gasteiger partial charge >= 0.3 is 10.1 Å². The molecule has 3 rings (SSSR count). The third-order valence-electron chi connectivity index (χ3n) is 4.12. The molecule has 0 aliphatic rings. The fourth-order valence-electron chi connectivity index (χ4n) is 2.63. The Morgan fingerprint density at radius 3 is 2.25 bits per heavy atom. The molecule has 3 aromatic rings. The molecular formula is C20H17NO6S. The van der Waals surface area contributed by atoms with Crippen LogP contribution in [0.4, 0.5) is 5.69 Å².